The molecule has 7 nitrogen and oxygen atoms in total. The number of aromatic nitrogens is 4. The monoisotopic (exact) mass is 255 g/mol. The Morgan fingerprint density at radius 3 is 2.71 bits per heavy atom. The molecule has 1 atom stereocenters. The first-order chi connectivity index (χ1) is 7.99. The van der Waals surface area contributed by atoms with Crippen molar-refractivity contribution in [3.63, 3.8) is 0 Å². The number of rotatable bonds is 4. The van der Waals surface area contributed by atoms with E-state index in [1.807, 2.05) is 0 Å². The number of nitrogens with one attached hydrogen (secondary N) is 3. The van der Waals surface area contributed by atoms with Crippen LogP contribution in [0.3, 0.4) is 0 Å². The summed E-state index contributed by atoms with van der Waals surface area (Å²) in [6.07, 6.45) is 4.51. The second-order valence-electron chi connectivity index (χ2n) is 3.71. The van der Waals surface area contributed by atoms with Crippen LogP contribution in [-0.4, -0.2) is 28.6 Å². The van der Waals surface area contributed by atoms with Gasteiger partial charge in [0.05, 0.1) is 12.4 Å². The van der Waals surface area contributed by atoms with Crippen molar-refractivity contribution in [3.05, 3.63) is 30.0 Å². The van der Waals surface area contributed by atoms with Gasteiger partial charge < -0.3 is 4.98 Å². The summed E-state index contributed by atoms with van der Waals surface area (Å²) >= 11 is 0. The van der Waals surface area contributed by atoms with Crippen molar-refractivity contribution >= 4 is 10.0 Å². The van der Waals surface area contributed by atoms with E-state index in [9.17, 15) is 8.42 Å². The van der Waals surface area contributed by atoms with Crippen LogP contribution in [0.2, 0.25) is 0 Å². The molecule has 2 rings (SSSR count). The van der Waals surface area contributed by atoms with Gasteiger partial charge in [0, 0.05) is 17.8 Å². The third-order valence-corrected chi connectivity index (χ3v) is 3.77. The maximum Gasteiger partial charge on any atom is 0.258 e. The van der Waals surface area contributed by atoms with E-state index in [4.69, 9.17) is 0 Å². The number of imidazole rings is 1. The van der Waals surface area contributed by atoms with E-state index in [1.165, 1.54) is 6.20 Å². The van der Waals surface area contributed by atoms with E-state index in [-0.39, 0.29) is 11.1 Å². The molecule has 3 N–H and O–H groups in total. The van der Waals surface area contributed by atoms with Gasteiger partial charge in [-0.15, -0.1) is 0 Å². The second-order valence-corrected chi connectivity index (χ2v) is 5.39. The van der Waals surface area contributed by atoms with E-state index < -0.39 is 10.0 Å². The van der Waals surface area contributed by atoms with E-state index in [2.05, 4.69) is 24.9 Å². The quantitative estimate of drug-likeness (QED) is 0.739. The van der Waals surface area contributed by atoms with Gasteiger partial charge in [-0.05, 0) is 13.8 Å². The molecule has 0 aliphatic rings. The molecule has 0 aromatic carbocycles. The minimum atomic E-state index is -3.57. The molecule has 0 aliphatic heterocycles. The highest BCUT2D eigenvalue weighted by atomic mass is 32.2. The molecule has 8 heteroatoms. The Morgan fingerprint density at radius 1 is 1.41 bits per heavy atom. The molecule has 0 saturated heterocycles. The summed E-state index contributed by atoms with van der Waals surface area (Å²) in [5, 5.41) is 6.47. The number of nitrogens with zero attached hydrogens (tertiary/aromatic N) is 2. The molecule has 2 aromatic heterocycles. The van der Waals surface area contributed by atoms with Crippen LogP contribution < -0.4 is 4.72 Å². The van der Waals surface area contributed by atoms with Gasteiger partial charge in [-0.3, -0.25) is 5.10 Å². The lowest BCUT2D eigenvalue weighted by Crippen LogP contribution is -2.27. The summed E-state index contributed by atoms with van der Waals surface area (Å²) in [5.41, 5.74) is 0.768. The molecule has 2 aromatic rings. The van der Waals surface area contributed by atoms with Gasteiger partial charge in [0.1, 0.15) is 5.82 Å². The number of hydrogen-bond donors (Lipinski definition) is 3. The average molecular weight is 255 g/mol. The summed E-state index contributed by atoms with van der Waals surface area (Å²) in [4.78, 5) is 6.54. The lowest BCUT2D eigenvalue weighted by molar-refractivity contribution is 0.563. The molecular formula is C9H13N5O2S. The maximum atomic E-state index is 11.9. The van der Waals surface area contributed by atoms with Gasteiger partial charge in [-0.25, -0.2) is 18.1 Å². The van der Waals surface area contributed by atoms with Gasteiger partial charge in [0.25, 0.3) is 10.0 Å². The lowest BCUT2D eigenvalue weighted by atomic mass is 10.2. The van der Waals surface area contributed by atoms with Crippen LogP contribution in [0.5, 0.6) is 0 Å². The van der Waals surface area contributed by atoms with Gasteiger partial charge in [0.15, 0.2) is 5.03 Å². The van der Waals surface area contributed by atoms with E-state index in [0.29, 0.717) is 5.82 Å². The molecule has 92 valence electrons. The number of H-pyrrole nitrogens is 2. The number of aryl methyl sites for hydroxylation is 1. The maximum absolute atomic E-state index is 11.9. The van der Waals surface area contributed by atoms with Crippen molar-refractivity contribution in [2.75, 3.05) is 0 Å². The lowest BCUT2D eigenvalue weighted by Gasteiger charge is -2.10. The van der Waals surface area contributed by atoms with Gasteiger partial charge in [-0.1, -0.05) is 0 Å². The van der Waals surface area contributed by atoms with Crippen molar-refractivity contribution in [1.29, 1.82) is 0 Å². The molecule has 2 heterocycles. The first-order valence-electron chi connectivity index (χ1n) is 5.01. The fourth-order valence-corrected chi connectivity index (χ4v) is 2.60. The summed E-state index contributed by atoms with van der Waals surface area (Å²) < 4.78 is 26.4. The molecule has 0 fully saturated rings. The molecule has 0 aliphatic carbocycles. The van der Waals surface area contributed by atoms with E-state index >= 15 is 0 Å². The summed E-state index contributed by atoms with van der Waals surface area (Å²) in [6, 6.07) is -0.359. The van der Waals surface area contributed by atoms with Gasteiger partial charge >= 0.3 is 0 Å². The number of sulfonamides is 1. The normalized spacial score (nSPS) is 13.8. The van der Waals surface area contributed by atoms with Crippen LogP contribution in [0.25, 0.3) is 0 Å². The second kappa shape index (κ2) is 4.30. The molecule has 0 amide bonds. The van der Waals surface area contributed by atoms with Crippen LogP contribution in [0.1, 0.15) is 24.4 Å². The van der Waals surface area contributed by atoms with E-state index in [0.717, 1.165) is 5.56 Å². The largest absolute Gasteiger partial charge is 0.332 e. The smallest absolute Gasteiger partial charge is 0.258 e. The van der Waals surface area contributed by atoms with Crippen molar-refractivity contribution in [2.24, 2.45) is 0 Å². The topological polar surface area (TPSA) is 104 Å². The van der Waals surface area contributed by atoms with Crippen LogP contribution in [0, 0.1) is 6.92 Å². The highest BCUT2D eigenvalue weighted by Crippen LogP contribution is 2.14. The zero-order chi connectivity index (χ0) is 12.5. The molecule has 0 radical (unpaired) electrons. The highest BCUT2D eigenvalue weighted by Gasteiger charge is 2.20. The van der Waals surface area contributed by atoms with Crippen LogP contribution >= 0.6 is 0 Å². The Bertz CT molecular complexity index is 587. The molecule has 1 unspecified atom stereocenters. The Kier molecular flexibility index (Phi) is 2.99. The third-order valence-electron chi connectivity index (χ3n) is 2.32. The zero-order valence-corrected chi connectivity index (χ0v) is 10.2. The first-order valence-corrected chi connectivity index (χ1v) is 6.50. The predicted molar refractivity (Wildman–Crippen MR) is 60.6 cm³/mol. The average Bonchev–Trinajstić information content (AvgIpc) is 2.86. The fraction of sp³-hybridized carbons (Fsp3) is 0.333. The molecule has 0 bridgehead atoms. The van der Waals surface area contributed by atoms with Gasteiger partial charge in [0.2, 0.25) is 0 Å². The zero-order valence-electron chi connectivity index (χ0n) is 9.43. The SMILES string of the molecule is Cc1ncc(S(=O)(=O)NC(C)c2cn[nH]c2)[nH]1. The van der Waals surface area contributed by atoms with Crippen LogP contribution in [-0.2, 0) is 10.0 Å². The predicted octanol–water partition coefficient (Wildman–Crippen LogP) is 0.481. The molecule has 0 saturated carbocycles. The summed E-state index contributed by atoms with van der Waals surface area (Å²) in [6.45, 7) is 3.43. The standard InChI is InChI=1S/C9H13N5O2S/c1-6(8-3-11-12-4-8)14-17(15,16)9-5-10-7(2)13-9/h3-6,14H,1-2H3,(H,10,13)(H,11,12). The molecular weight excluding hydrogens is 242 g/mol. The first kappa shape index (κ1) is 11.8. The number of hydrogen-bond acceptors (Lipinski definition) is 4. The van der Waals surface area contributed by atoms with Crippen molar-refractivity contribution in [2.45, 2.75) is 24.9 Å². The van der Waals surface area contributed by atoms with E-state index in [1.54, 1.807) is 26.2 Å². The summed E-state index contributed by atoms with van der Waals surface area (Å²) in [7, 11) is -3.57. The fourth-order valence-electron chi connectivity index (χ4n) is 1.40. The van der Waals surface area contributed by atoms with Crippen LogP contribution in [0.4, 0.5) is 0 Å². The Labute approximate surface area is 98.7 Å². The Morgan fingerprint density at radius 2 is 2.18 bits per heavy atom. The van der Waals surface area contributed by atoms with Gasteiger partial charge in [-0.2, -0.15) is 5.10 Å². The van der Waals surface area contributed by atoms with Crippen molar-refractivity contribution in [1.82, 2.24) is 24.9 Å². The Balaban J connectivity index is 2.18. The van der Waals surface area contributed by atoms with Crippen LogP contribution in [0.15, 0.2) is 23.6 Å². The molecule has 17 heavy (non-hydrogen) atoms. The third kappa shape index (κ3) is 2.53. The summed E-state index contributed by atoms with van der Waals surface area (Å²) in [5.74, 6) is 0.557. The van der Waals surface area contributed by atoms with Crippen molar-refractivity contribution < 1.29 is 8.42 Å². The minimum Gasteiger partial charge on any atom is -0.332 e. The highest BCUT2D eigenvalue weighted by molar-refractivity contribution is 7.89. The molecule has 0 spiro atoms. The Hall–Kier alpha value is -1.67. The van der Waals surface area contributed by atoms with Crippen molar-refractivity contribution in [3.8, 4) is 0 Å². The number of aromatic amines is 2. The minimum absolute atomic E-state index is 0.0605.